The van der Waals surface area contributed by atoms with Gasteiger partial charge in [0.1, 0.15) is 5.54 Å². The standard InChI is InChI=1S/C16H27N3O/c1-12-9-19(10-13(2)20-12)15-4-3-7-16(8-15,11-17)18-14-5-6-14/h12-15,18H,3-10H2,1-2H3. The van der Waals surface area contributed by atoms with Crippen LogP contribution in [0.4, 0.5) is 0 Å². The van der Waals surface area contributed by atoms with E-state index < -0.39 is 0 Å². The summed E-state index contributed by atoms with van der Waals surface area (Å²) < 4.78 is 5.84. The maximum atomic E-state index is 9.68. The molecular formula is C16H27N3O. The van der Waals surface area contributed by atoms with Crippen LogP contribution in [-0.2, 0) is 4.74 Å². The van der Waals surface area contributed by atoms with Gasteiger partial charge in [0.15, 0.2) is 0 Å². The fraction of sp³-hybridized carbons (Fsp3) is 0.938. The van der Waals surface area contributed by atoms with E-state index in [-0.39, 0.29) is 5.54 Å². The van der Waals surface area contributed by atoms with Gasteiger partial charge in [-0.1, -0.05) is 0 Å². The molecule has 0 aromatic rings. The number of rotatable bonds is 3. The van der Waals surface area contributed by atoms with Crippen LogP contribution in [0.3, 0.4) is 0 Å². The van der Waals surface area contributed by atoms with E-state index in [1.807, 2.05) is 0 Å². The summed E-state index contributed by atoms with van der Waals surface area (Å²) in [5, 5.41) is 13.3. The summed E-state index contributed by atoms with van der Waals surface area (Å²) in [6, 6.07) is 3.76. The smallest absolute Gasteiger partial charge is 0.108 e. The minimum Gasteiger partial charge on any atom is -0.373 e. The lowest BCUT2D eigenvalue weighted by Gasteiger charge is -2.45. The first-order chi connectivity index (χ1) is 9.60. The van der Waals surface area contributed by atoms with Gasteiger partial charge in [-0.15, -0.1) is 0 Å². The van der Waals surface area contributed by atoms with Crippen molar-refractivity contribution in [3.8, 4) is 6.07 Å². The van der Waals surface area contributed by atoms with E-state index in [1.54, 1.807) is 0 Å². The number of ether oxygens (including phenoxy) is 1. The molecule has 3 rings (SSSR count). The lowest BCUT2D eigenvalue weighted by Crippen LogP contribution is -2.57. The topological polar surface area (TPSA) is 48.3 Å². The van der Waals surface area contributed by atoms with Crippen molar-refractivity contribution in [1.29, 1.82) is 5.26 Å². The van der Waals surface area contributed by atoms with Crippen LogP contribution in [-0.4, -0.2) is 47.8 Å². The molecule has 1 heterocycles. The Morgan fingerprint density at radius 3 is 2.50 bits per heavy atom. The fourth-order valence-electron chi connectivity index (χ4n) is 3.96. The molecule has 2 saturated carbocycles. The molecule has 1 N–H and O–H groups in total. The Kier molecular flexibility index (Phi) is 4.03. The number of hydrogen-bond acceptors (Lipinski definition) is 4. The number of nitriles is 1. The largest absolute Gasteiger partial charge is 0.373 e. The zero-order valence-corrected chi connectivity index (χ0v) is 12.8. The van der Waals surface area contributed by atoms with Gasteiger partial charge in [-0.05, 0) is 52.4 Å². The van der Waals surface area contributed by atoms with E-state index in [0.717, 1.165) is 32.4 Å². The molecule has 112 valence electrons. The van der Waals surface area contributed by atoms with Gasteiger partial charge in [0.25, 0.3) is 0 Å². The second-order valence-electron chi connectivity index (χ2n) is 7.07. The Morgan fingerprint density at radius 1 is 1.20 bits per heavy atom. The summed E-state index contributed by atoms with van der Waals surface area (Å²) >= 11 is 0. The predicted octanol–water partition coefficient (Wildman–Crippen LogP) is 2.05. The van der Waals surface area contributed by atoms with Crippen LogP contribution in [0.15, 0.2) is 0 Å². The van der Waals surface area contributed by atoms with Crippen molar-refractivity contribution in [2.45, 2.75) is 82.2 Å². The van der Waals surface area contributed by atoms with E-state index >= 15 is 0 Å². The minimum atomic E-state index is -0.269. The normalized spacial score (nSPS) is 43.1. The Labute approximate surface area is 122 Å². The maximum Gasteiger partial charge on any atom is 0.108 e. The summed E-state index contributed by atoms with van der Waals surface area (Å²) in [6.07, 6.45) is 7.53. The van der Waals surface area contributed by atoms with Crippen molar-refractivity contribution in [3.63, 3.8) is 0 Å². The average Bonchev–Trinajstić information content (AvgIpc) is 3.22. The third-order valence-electron chi connectivity index (χ3n) is 4.96. The SMILES string of the molecule is CC1CN(C2CCCC(C#N)(NC3CC3)C2)CC(C)O1. The van der Waals surface area contributed by atoms with Crippen molar-refractivity contribution in [1.82, 2.24) is 10.2 Å². The molecule has 3 aliphatic rings. The highest BCUT2D eigenvalue weighted by molar-refractivity contribution is 5.13. The second kappa shape index (κ2) is 5.63. The summed E-state index contributed by atoms with van der Waals surface area (Å²) in [4.78, 5) is 2.57. The van der Waals surface area contributed by atoms with Crippen LogP contribution < -0.4 is 5.32 Å². The van der Waals surface area contributed by atoms with Crippen molar-refractivity contribution in [2.75, 3.05) is 13.1 Å². The maximum absolute atomic E-state index is 9.68. The molecule has 4 nitrogen and oxygen atoms in total. The first-order valence-electron chi connectivity index (χ1n) is 8.19. The van der Waals surface area contributed by atoms with Gasteiger partial charge in [-0.3, -0.25) is 10.2 Å². The van der Waals surface area contributed by atoms with Gasteiger partial charge >= 0.3 is 0 Å². The summed E-state index contributed by atoms with van der Waals surface area (Å²) in [6.45, 7) is 6.34. The van der Waals surface area contributed by atoms with Gasteiger partial charge < -0.3 is 4.74 Å². The van der Waals surface area contributed by atoms with Gasteiger partial charge in [0, 0.05) is 25.2 Å². The minimum absolute atomic E-state index is 0.269. The highest BCUT2D eigenvalue weighted by Crippen LogP contribution is 2.35. The summed E-state index contributed by atoms with van der Waals surface area (Å²) in [7, 11) is 0. The van der Waals surface area contributed by atoms with Crippen molar-refractivity contribution >= 4 is 0 Å². The van der Waals surface area contributed by atoms with Crippen molar-refractivity contribution in [2.24, 2.45) is 0 Å². The fourth-order valence-corrected chi connectivity index (χ4v) is 3.96. The molecule has 0 radical (unpaired) electrons. The Bertz CT molecular complexity index is 380. The van der Waals surface area contributed by atoms with E-state index in [2.05, 4.69) is 30.1 Å². The van der Waals surface area contributed by atoms with Gasteiger partial charge in [-0.2, -0.15) is 5.26 Å². The lowest BCUT2D eigenvalue weighted by molar-refractivity contribution is -0.0867. The third kappa shape index (κ3) is 3.16. The molecule has 0 spiro atoms. The monoisotopic (exact) mass is 277 g/mol. The molecule has 2 aliphatic carbocycles. The number of nitrogens with zero attached hydrogens (tertiary/aromatic N) is 2. The van der Waals surface area contributed by atoms with Crippen molar-refractivity contribution in [3.05, 3.63) is 0 Å². The molecule has 20 heavy (non-hydrogen) atoms. The van der Waals surface area contributed by atoms with Crippen LogP contribution in [0.1, 0.15) is 52.4 Å². The van der Waals surface area contributed by atoms with E-state index in [9.17, 15) is 5.26 Å². The second-order valence-corrected chi connectivity index (χ2v) is 7.07. The zero-order valence-electron chi connectivity index (χ0n) is 12.8. The Morgan fingerprint density at radius 2 is 1.90 bits per heavy atom. The molecule has 4 atom stereocenters. The van der Waals surface area contributed by atoms with Crippen LogP contribution in [0, 0.1) is 11.3 Å². The Balaban J connectivity index is 1.66. The first kappa shape index (κ1) is 14.3. The molecule has 4 heteroatoms. The highest BCUT2D eigenvalue weighted by atomic mass is 16.5. The third-order valence-corrected chi connectivity index (χ3v) is 4.96. The molecule has 0 bridgehead atoms. The molecule has 1 saturated heterocycles. The predicted molar refractivity (Wildman–Crippen MR) is 78.3 cm³/mol. The summed E-state index contributed by atoms with van der Waals surface area (Å²) in [5.74, 6) is 0. The molecule has 0 aromatic heterocycles. The number of hydrogen-bond donors (Lipinski definition) is 1. The van der Waals surface area contributed by atoms with Gasteiger partial charge in [0.05, 0.1) is 18.3 Å². The molecule has 0 aromatic carbocycles. The van der Waals surface area contributed by atoms with Crippen LogP contribution in [0.2, 0.25) is 0 Å². The highest BCUT2D eigenvalue weighted by Gasteiger charge is 2.42. The van der Waals surface area contributed by atoms with Gasteiger partial charge in [-0.25, -0.2) is 0 Å². The van der Waals surface area contributed by atoms with Crippen molar-refractivity contribution < 1.29 is 4.74 Å². The van der Waals surface area contributed by atoms with Crippen LogP contribution in [0.25, 0.3) is 0 Å². The van der Waals surface area contributed by atoms with E-state index in [1.165, 1.54) is 19.3 Å². The lowest BCUT2D eigenvalue weighted by atomic mass is 9.79. The Hall–Kier alpha value is -0.630. The summed E-state index contributed by atoms with van der Waals surface area (Å²) in [5.41, 5.74) is -0.269. The average molecular weight is 277 g/mol. The van der Waals surface area contributed by atoms with E-state index in [0.29, 0.717) is 24.3 Å². The molecule has 4 unspecified atom stereocenters. The molecule has 3 fully saturated rings. The first-order valence-corrected chi connectivity index (χ1v) is 8.19. The zero-order chi connectivity index (χ0) is 14.2. The molecule has 1 aliphatic heterocycles. The molecular weight excluding hydrogens is 250 g/mol. The quantitative estimate of drug-likeness (QED) is 0.858. The van der Waals surface area contributed by atoms with Crippen LogP contribution >= 0.6 is 0 Å². The van der Waals surface area contributed by atoms with Crippen LogP contribution in [0.5, 0.6) is 0 Å². The number of morpholine rings is 1. The molecule has 0 amide bonds. The van der Waals surface area contributed by atoms with E-state index in [4.69, 9.17) is 4.74 Å². The van der Waals surface area contributed by atoms with Gasteiger partial charge in [0.2, 0.25) is 0 Å². The number of nitrogens with one attached hydrogen (secondary N) is 1.